The van der Waals surface area contributed by atoms with Gasteiger partial charge >= 0.3 is 6.09 Å². The van der Waals surface area contributed by atoms with Crippen molar-refractivity contribution in [3.05, 3.63) is 81.6 Å². The van der Waals surface area contributed by atoms with E-state index in [1.165, 1.54) is 18.1 Å². The molecule has 14 heteroatoms. The molecule has 3 aromatic carbocycles. The standard InChI is InChI=1S/C28H21ClF3N3O7/c1-40-25-14(3-2-13-11-35(27(38)24(13)25)21-6-7-23(36)34-26(21)37)12-41-28(39)33-20-5-4-15(8-19(20)32)42-22-10-18(31)17(30)9-16(22)29/h2-5,8-10,21H,6-7,11-12H2,1H3,(H,33,39)(H,34,36,37). The van der Waals surface area contributed by atoms with Crippen molar-refractivity contribution in [2.24, 2.45) is 0 Å². The summed E-state index contributed by atoms with van der Waals surface area (Å²) in [7, 11) is 1.34. The molecule has 2 aliphatic heterocycles. The number of amides is 4. The Labute approximate surface area is 241 Å². The molecular formula is C28H21ClF3N3O7. The summed E-state index contributed by atoms with van der Waals surface area (Å²) in [5, 5.41) is 4.25. The zero-order valence-electron chi connectivity index (χ0n) is 21.8. The SMILES string of the molecule is COc1c(COC(=O)Nc2ccc(Oc3cc(F)c(F)cc3Cl)cc2F)ccc2c1C(=O)N(C1CCC(=O)NC1=O)C2. The molecule has 1 unspecified atom stereocenters. The highest BCUT2D eigenvalue weighted by atomic mass is 35.5. The quantitative estimate of drug-likeness (QED) is 0.286. The van der Waals surface area contributed by atoms with Crippen molar-refractivity contribution in [3.63, 3.8) is 0 Å². The van der Waals surface area contributed by atoms with Crippen LogP contribution >= 0.6 is 11.6 Å². The third-order valence-electron chi connectivity index (χ3n) is 6.67. The predicted molar refractivity (Wildman–Crippen MR) is 141 cm³/mol. The topological polar surface area (TPSA) is 123 Å². The van der Waals surface area contributed by atoms with E-state index in [0.717, 1.165) is 18.2 Å². The zero-order valence-corrected chi connectivity index (χ0v) is 22.5. The summed E-state index contributed by atoms with van der Waals surface area (Å²) >= 11 is 5.83. The van der Waals surface area contributed by atoms with Crippen LogP contribution in [-0.4, -0.2) is 41.9 Å². The van der Waals surface area contributed by atoms with Crippen LogP contribution in [0.25, 0.3) is 0 Å². The van der Waals surface area contributed by atoms with E-state index < -0.39 is 47.3 Å². The molecule has 5 rings (SSSR count). The fourth-order valence-corrected chi connectivity index (χ4v) is 4.86. The minimum Gasteiger partial charge on any atom is -0.495 e. The summed E-state index contributed by atoms with van der Waals surface area (Å²) in [6, 6.07) is 7.20. The Morgan fingerprint density at radius 1 is 1.07 bits per heavy atom. The number of fused-ring (bicyclic) bond motifs is 1. The Morgan fingerprint density at radius 3 is 2.55 bits per heavy atom. The van der Waals surface area contributed by atoms with Gasteiger partial charge in [-0.15, -0.1) is 0 Å². The Balaban J connectivity index is 1.23. The number of anilines is 1. The molecule has 218 valence electrons. The summed E-state index contributed by atoms with van der Waals surface area (Å²) in [4.78, 5) is 50.8. The molecule has 2 heterocycles. The van der Waals surface area contributed by atoms with Gasteiger partial charge in [-0.05, 0) is 30.2 Å². The highest BCUT2D eigenvalue weighted by Gasteiger charge is 2.41. The monoisotopic (exact) mass is 603 g/mol. The Kier molecular flexibility index (Phi) is 7.94. The number of nitrogens with one attached hydrogen (secondary N) is 2. The summed E-state index contributed by atoms with van der Waals surface area (Å²) in [5.41, 5.74) is 0.896. The number of methoxy groups -OCH3 is 1. The van der Waals surface area contributed by atoms with Gasteiger partial charge in [0.2, 0.25) is 11.8 Å². The second-order valence-electron chi connectivity index (χ2n) is 9.33. The number of nitrogens with zero attached hydrogens (tertiary/aromatic N) is 1. The van der Waals surface area contributed by atoms with Gasteiger partial charge in [-0.25, -0.2) is 18.0 Å². The molecule has 42 heavy (non-hydrogen) atoms. The number of halogens is 4. The number of carbonyl (C=O) groups excluding carboxylic acids is 4. The number of piperidine rings is 1. The van der Waals surface area contributed by atoms with Crippen molar-refractivity contribution >= 4 is 41.1 Å². The molecule has 0 saturated carbocycles. The molecule has 4 amide bonds. The summed E-state index contributed by atoms with van der Waals surface area (Å²) in [6.45, 7) is -0.203. The van der Waals surface area contributed by atoms with Crippen LogP contribution in [0.5, 0.6) is 17.2 Å². The van der Waals surface area contributed by atoms with Crippen molar-refractivity contribution in [1.82, 2.24) is 10.2 Å². The average molecular weight is 604 g/mol. The van der Waals surface area contributed by atoms with Gasteiger partial charge in [0.1, 0.15) is 29.9 Å². The van der Waals surface area contributed by atoms with Crippen LogP contribution in [0, 0.1) is 17.5 Å². The van der Waals surface area contributed by atoms with Gasteiger partial charge < -0.3 is 19.1 Å². The first-order chi connectivity index (χ1) is 20.0. The van der Waals surface area contributed by atoms with Crippen LogP contribution in [0.4, 0.5) is 23.7 Å². The number of imide groups is 1. The molecule has 0 aromatic heterocycles. The Bertz CT molecular complexity index is 1630. The van der Waals surface area contributed by atoms with Crippen LogP contribution in [0.1, 0.15) is 34.3 Å². The minimum absolute atomic E-state index is 0.0989. The van der Waals surface area contributed by atoms with Crippen LogP contribution in [0.15, 0.2) is 42.5 Å². The second-order valence-corrected chi connectivity index (χ2v) is 9.74. The van der Waals surface area contributed by atoms with Gasteiger partial charge in [0.25, 0.3) is 5.91 Å². The van der Waals surface area contributed by atoms with E-state index in [9.17, 15) is 32.3 Å². The van der Waals surface area contributed by atoms with Gasteiger partial charge in [-0.3, -0.25) is 25.0 Å². The number of hydrogen-bond donors (Lipinski definition) is 2. The number of rotatable bonds is 7. The molecule has 2 N–H and O–H groups in total. The number of hydrogen-bond acceptors (Lipinski definition) is 7. The van der Waals surface area contributed by atoms with Crippen LogP contribution in [0.2, 0.25) is 5.02 Å². The van der Waals surface area contributed by atoms with E-state index in [1.807, 2.05) is 0 Å². The van der Waals surface area contributed by atoms with E-state index in [1.54, 1.807) is 12.1 Å². The summed E-state index contributed by atoms with van der Waals surface area (Å²) < 4.78 is 57.4. The third kappa shape index (κ3) is 5.68. The Morgan fingerprint density at radius 2 is 1.83 bits per heavy atom. The lowest BCUT2D eigenvalue weighted by Crippen LogP contribution is -2.52. The lowest BCUT2D eigenvalue weighted by atomic mass is 10.0. The van der Waals surface area contributed by atoms with Crippen LogP contribution in [-0.2, 0) is 27.5 Å². The molecule has 1 atom stereocenters. The molecular weight excluding hydrogens is 583 g/mol. The fourth-order valence-electron chi connectivity index (χ4n) is 4.67. The lowest BCUT2D eigenvalue weighted by Gasteiger charge is -2.29. The fraction of sp³-hybridized carbons (Fsp3) is 0.214. The summed E-state index contributed by atoms with van der Waals surface area (Å²) in [5.74, 6) is -4.88. The van der Waals surface area contributed by atoms with Crippen molar-refractivity contribution < 1.29 is 46.6 Å². The van der Waals surface area contributed by atoms with Gasteiger partial charge in [0.15, 0.2) is 17.5 Å². The van der Waals surface area contributed by atoms with E-state index >= 15 is 0 Å². The molecule has 10 nitrogen and oxygen atoms in total. The highest BCUT2D eigenvalue weighted by Crippen LogP contribution is 2.37. The maximum atomic E-state index is 14.6. The van der Waals surface area contributed by atoms with E-state index in [-0.39, 0.29) is 59.5 Å². The maximum Gasteiger partial charge on any atom is 0.412 e. The van der Waals surface area contributed by atoms with Gasteiger partial charge in [-0.1, -0.05) is 23.7 Å². The molecule has 0 bridgehead atoms. The smallest absolute Gasteiger partial charge is 0.412 e. The highest BCUT2D eigenvalue weighted by molar-refractivity contribution is 6.32. The maximum absolute atomic E-state index is 14.6. The van der Waals surface area contributed by atoms with Crippen molar-refractivity contribution in [3.8, 4) is 17.2 Å². The predicted octanol–water partition coefficient (Wildman–Crippen LogP) is 5.07. The minimum atomic E-state index is -1.20. The van der Waals surface area contributed by atoms with Crippen molar-refractivity contribution in [2.45, 2.75) is 32.0 Å². The number of benzene rings is 3. The normalized spacial score (nSPS) is 16.2. The molecule has 1 saturated heterocycles. The summed E-state index contributed by atoms with van der Waals surface area (Å²) in [6.07, 6.45) is -0.712. The van der Waals surface area contributed by atoms with E-state index in [0.29, 0.717) is 17.2 Å². The van der Waals surface area contributed by atoms with Crippen molar-refractivity contribution in [2.75, 3.05) is 12.4 Å². The first-order valence-corrected chi connectivity index (χ1v) is 12.8. The van der Waals surface area contributed by atoms with Crippen LogP contribution < -0.4 is 20.1 Å². The zero-order chi connectivity index (χ0) is 30.1. The van der Waals surface area contributed by atoms with E-state index in [2.05, 4.69) is 10.6 Å². The molecule has 2 aliphatic rings. The molecule has 3 aromatic rings. The molecule has 0 aliphatic carbocycles. The average Bonchev–Trinajstić information content (AvgIpc) is 3.27. The second kappa shape index (κ2) is 11.6. The van der Waals surface area contributed by atoms with Gasteiger partial charge in [0.05, 0.1) is 23.4 Å². The number of carbonyl (C=O) groups is 4. The first-order valence-electron chi connectivity index (χ1n) is 12.4. The number of ether oxygens (including phenoxy) is 3. The largest absolute Gasteiger partial charge is 0.495 e. The lowest BCUT2D eigenvalue weighted by molar-refractivity contribution is -0.136. The van der Waals surface area contributed by atoms with Gasteiger partial charge in [-0.2, -0.15) is 0 Å². The van der Waals surface area contributed by atoms with Crippen molar-refractivity contribution in [1.29, 1.82) is 0 Å². The third-order valence-corrected chi connectivity index (χ3v) is 6.97. The Hall–Kier alpha value is -4.78. The molecule has 0 radical (unpaired) electrons. The first kappa shape index (κ1) is 28.7. The van der Waals surface area contributed by atoms with Crippen LogP contribution in [0.3, 0.4) is 0 Å². The molecule has 0 spiro atoms. The molecule has 1 fully saturated rings. The van der Waals surface area contributed by atoms with Gasteiger partial charge in [0, 0.05) is 30.7 Å². The van der Waals surface area contributed by atoms with E-state index in [4.69, 9.17) is 25.8 Å².